The second-order valence-electron chi connectivity index (χ2n) is 13.0. The molecule has 6 rings (SSSR count). The molecule has 41 heavy (non-hydrogen) atoms. The van der Waals surface area contributed by atoms with Gasteiger partial charge in [0.05, 0.1) is 19.2 Å². The second kappa shape index (κ2) is 12.7. The standard InChI is InChI=1S/C35H49N3O3/c1-4-28-11-12-32(41-28)31-21-27(10-7-9-26-24-35(25-26)13-18-37(2)19-14-35)29-22-33(39-3)34(23-30(29)36-31)40-20-8-17-38-15-5-6-16-38/h11-12,21-23,26H,4-10,13-20,24-25H2,1-3H3. The van der Waals surface area contributed by atoms with E-state index in [1.165, 1.54) is 83.1 Å². The van der Waals surface area contributed by atoms with Crippen LogP contribution in [0, 0.1) is 11.3 Å². The van der Waals surface area contributed by atoms with E-state index in [-0.39, 0.29) is 0 Å². The maximum Gasteiger partial charge on any atom is 0.163 e. The number of benzene rings is 1. The van der Waals surface area contributed by atoms with E-state index < -0.39 is 0 Å². The lowest BCUT2D eigenvalue weighted by molar-refractivity contribution is -0.0107. The molecule has 0 bridgehead atoms. The molecule has 1 aliphatic carbocycles. The first-order chi connectivity index (χ1) is 20.0. The molecule has 2 aliphatic heterocycles. The molecule has 2 aromatic heterocycles. The van der Waals surface area contributed by atoms with E-state index in [0.29, 0.717) is 12.0 Å². The number of fused-ring (bicyclic) bond motifs is 1. The number of hydrogen-bond donors (Lipinski definition) is 0. The predicted molar refractivity (Wildman–Crippen MR) is 166 cm³/mol. The molecule has 222 valence electrons. The lowest BCUT2D eigenvalue weighted by Gasteiger charge is -2.52. The molecule has 0 amide bonds. The lowest BCUT2D eigenvalue weighted by Crippen LogP contribution is -2.45. The Morgan fingerprint density at radius 1 is 1.00 bits per heavy atom. The zero-order valence-electron chi connectivity index (χ0n) is 25.6. The van der Waals surface area contributed by atoms with Crippen LogP contribution in [0.15, 0.2) is 34.7 Å². The van der Waals surface area contributed by atoms with Crippen molar-refractivity contribution in [2.24, 2.45) is 11.3 Å². The molecule has 3 aliphatic rings. The molecular weight excluding hydrogens is 510 g/mol. The van der Waals surface area contributed by atoms with Gasteiger partial charge in [0, 0.05) is 24.4 Å². The van der Waals surface area contributed by atoms with Crippen LogP contribution >= 0.6 is 0 Å². The lowest BCUT2D eigenvalue weighted by atomic mass is 9.56. The van der Waals surface area contributed by atoms with Gasteiger partial charge >= 0.3 is 0 Å². The van der Waals surface area contributed by atoms with Crippen molar-refractivity contribution in [2.45, 2.75) is 77.6 Å². The zero-order valence-corrected chi connectivity index (χ0v) is 25.6. The van der Waals surface area contributed by atoms with Crippen molar-refractivity contribution < 1.29 is 13.9 Å². The molecule has 2 saturated heterocycles. The monoisotopic (exact) mass is 559 g/mol. The van der Waals surface area contributed by atoms with E-state index in [1.807, 2.05) is 0 Å². The highest BCUT2D eigenvalue weighted by Crippen LogP contribution is 2.54. The zero-order chi connectivity index (χ0) is 28.2. The minimum Gasteiger partial charge on any atom is -0.493 e. The van der Waals surface area contributed by atoms with Crippen molar-refractivity contribution in [3.8, 4) is 23.0 Å². The van der Waals surface area contributed by atoms with Crippen LogP contribution < -0.4 is 9.47 Å². The number of furan rings is 1. The SMILES string of the molecule is CCc1ccc(-c2cc(CCCC3CC4(CCN(C)CC4)C3)c3cc(OC)c(OCCCN4CCCC4)cc3n2)o1. The normalized spacial score (nSPS) is 19.7. The Balaban J connectivity index is 1.17. The van der Waals surface area contributed by atoms with Crippen LogP contribution in [0.2, 0.25) is 0 Å². The number of aryl methyl sites for hydroxylation is 2. The van der Waals surface area contributed by atoms with Crippen LogP contribution in [0.25, 0.3) is 22.4 Å². The summed E-state index contributed by atoms with van der Waals surface area (Å²) in [6.45, 7) is 8.90. The summed E-state index contributed by atoms with van der Waals surface area (Å²) in [7, 11) is 4.01. The fraction of sp³-hybridized carbons (Fsp3) is 0.629. The van der Waals surface area contributed by atoms with Gasteiger partial charge in [0.15, 0.2) is 17.3 Å². The summed E-state index contributed by atoms with van der Waals surface area (Å²) in [5.41, 5.74) is 3.84. The van der Waals surface area contributed by atoms with Crippen molar-refractivity contribution in [3.63, 3.8) is 0 Å². The number of rotatable bonds is 12. The number of pyridine rings is 1. The van der Waals surface area contributed by atoms with Gasteiger partial charge in [0.25, 0.3) is 0 Å². The van der Waals surface area contributed by atoms with E-state index in [4.69, 9.17) is 18.9 Å². The number of ether oxygens (including phenoxy) is 2. The summed E-state index contributed by atoms with van der Waals surface area (Å²) in [4.78, 5) is 10.1. The molecule has 1 saturated carbocycles. The fourth-order valence-corrected chi connectivity index (χ4v) is 7.54. The highest BCUT2D eigenvalue weighted by Gasteiger charge is 2.44. The van der Waals surface area contributed by atoms with Gasteiger partial charge < -0.3 is 23.7 Å². The van der Waals surface area contributed by atoms with E-state index in [0.717, 1.165) is 71.3 Å². The number of likely N-dealkylation sites (tertiary alicyclic amines) is 2. The van der Waals surface area contributed by atoms with Crippen LogP contribution in [-0.4, -0.2) is 68.3 Å². The van der Waals surface area contributed by atoms with Crippen LogP contribution in [0.1, 0.15) is 76.0 Å². The summed E-state index contributed by atoms with van der Waals surface area (Å²) >= 11 is 0. The Bertz CT molecular complexity index is 1300. The maximum absolute atomic E-state index is 6.28. The molecule has 3 fully saturated rings. The molecule has 4 heterocycles. The van der Waals surface area contributed by atoms with Crippen LogP contribution in [0.4, 0.5) is 0 Å². The summed E-state index contributed by atoms with van der Waals surface area (Å²) in [5.74, 6) is 4.30. The van der Waals surface area contributed by atoms with E-state index in [9.17, 15) is 0 Å². The molecular formula is C35H49N3O3. The van der Waals surface area contributed by atoms with E-state index in [2.05, 4.69) is 54.1 Å². The Morgan fingerprint density at radius 2 is 1.80 bits per heavy atom. The van der Waals surface area contributed by atoms with Gasteiger partial charge in [0.1, 0.15) is 11.5 Å². The Kier molecular flexibility index (Phi) is 8.87. The minimum atomic E-state index is 0.655. The van der Waals surface area contributed by atoms with Crippen LogP contribution in [-0.2, 0) is 12.8 Å². The van der Waals surface area contributed by atoms with Gasteiger partial charge in [-0.25, -0.2) is 4.98 Å². The molecule has 1 aromatic carbocycles. The average molecular weight is 560 g/mol. The predicted octanol–water partition coefficient (Wildman–Crippen LogP) is 7.38. The molecule has 0 N–H and O–H groups in total. The largest absolute Gasteiger partial charge is 0.493 e. The second-order valence-corrected chi connectivity index (χ2v) is 13.0. The Hall–Kier alpha value is -2.57. The van der Waals surface area contributed by atoms with Crippen molar-refractivity contribution in [2.75, 3.05) is 53.5 Å². The van der Waals surface area contributed by atoms with Crippen molar-refractivity contribution >= 4 is 10.9 Å². The quantitative estimate of drug-likeness (QED) is 0.216. The first-order valence-electron chi connectivity index (χ1n) is 16.2. The van der Waals surface area contributed by atoms with E-state index >= 15 is 0 Å². The topological polar surface area (TPSA) is 51.0 Å². The smallest absolute Gasteiger partial charge is 0.163 e. The Morgan fingerprint density at radius 3 is 2.54 bits per heavy atom. The highest BCUT2D eigenvalue weighted by molar-refractivity contribution is 5.88. The molecule has 3 aromatic rings. The first-order valence-corrected chi connectivity index (χ1v) is 16.2. The molecule has 6 nitrogen and oxygen atoms in total. The summed E-state index contributed by atoms with van der Waals surface area (Å²) in [6, 6.07) is 10.6. The molecule has 6 heteroatoms. The number of nitrogens with zero attached hydrogens (tertiary/aromatic N) is 3. The van der Waals surface area contributed by atoms with Gasteiger partial charge in [-0.15, -0.1) is 0 Å². The van der Waals surface area contributed by atoms with Crippen molar-refractivity contribution in [1.82, 2.24) is 14.8 Å². The summed E-state index contributed by atoms with van der Waals surface area (Å²) in [6.07, 6.45) is 13.8. The van der Waals surface area contributed by atoms with Gasteiger partial charge in [-0.2, -0.15) is 0 Å². The number of hydrogen-bond acceptors (Lipinski definition) is 6. The van der Waals surface area contributed by atoms with Gasteiger partial charge in [0.2, 0.25) is 0 Å². The number of piperidine rings is 1. The Labute approximate surface area is 246 Å². The molecule has 1 spiro atoms. The number of aromatic nitrogens is 1. The summed E-state index contributed by atoms with van der Waals surface area (Å²) in [5, 5.41) is 1.16. The van der Waals surface area contributed by atoms with Crippen LogP contribution in [0.3, 0.4) is 0 Å². The average Bonchev–Trinajstić information content (AvgIpc) is 3.67. The summed E-state index contributed by atoms with van der Waals surface area (Å²) < 4.78 is 18.2. The molecule has 0 radical (unpaired) electrons. The van der Waals surface area contributed by atoms with Gasteiger partial charge in [-0.05, 0) is 132 Å². The van der Waals surface area contributed by atoms with Gasteiger partial charge in [-0.1, -0.05) is 13.3 Å². The molecule has 0 atom stereocenters. The minimum absolute atomic E-state index is 0.655. The van der Waals surface area contributed by atoms with Crippen LogP contribution in [0.5, 0.6) is 11.5 Å². The number of methoxy groups -OCH3 is 1. The van der Waals surface area contributed by atoms with E-state index in [1.54, 1.807) is 7.11 Å². The fourth-order valence-electron chi connectivity index (χ4n) is 7.54. The highest BCUT2D eigenvalue weighted by atomic mass is 16.5. The third kappa shape index (κ3) is 6.59. The van der Waals surface area contributed by atoms with Gasteiger partial charge in [-0.3, -0.25) is 0 Å². The first kappa shape index (κ1) is 28.5. The third-order valence-corrected chi connectivity index (χ3v) is 10.1. The maximum atomic E-state index is 6.28. The van der Waals surface area contributed by atoms with Crippen molar-refractivity contribution in [1.29, 1.82) is 0 Å². The molecule has 0 unspecified atom stereocenters. The van der Waals surface area contributed by atoms with Crippen molar-refractivity contribution in [3.05, 3.63) is 41.7 Å². The third-order valence-electron chi connectivity index (χ3n) is 10.1.